The predicted molar refractivity (Wildman–Crippen MR) is 85.7 cm³/mol. The zero-order valence-electron chi connectivity index (χ0n) is 12.6. The second kappa shape index (κ2) is 6.79. The van der Waals surface area contributed by atoms with Crippen LogP contribution in [-0.2, 0) is 11.3 Å². The van der Waals surface area contributed by atoms with Gasteiger partial charge in [-0.05, 0) is 43.7 Å². The number of anilines is 2. The lowest BCUT2D eigenvalue weighted by Gasteiger charge is -2.09. The summed E-state index contributed by atoms with van der Waals surface area (Å²) in [4.78, 5) is 11.1. The lowest BCUT2D eigenvalue weighted by atomic mass is 10.1. The van der Waals surface area contributed by atoms with Gasteiger partial charge in [0.2, 0.25) is 0 Å². The number of carbonyl (C=O) groups is 1. The highest BCUT2D eigenvalue weighted by Gasteiger charge is 2.01. The van der Waals surface area contributed by atoms with E-state index >= 15 is 0 Å². The molecule has 0 saturated heterocycles. The highest BCUT2D eigenvalue weighted by Crippen LogP contribution is 2.16. The largest absolute Gasteiger partial charge is 0.453 e. The van der Waals surface area contributed by atoms with Crippen LogP contribution >= 0.6 is 0 Å². The number of aryl methyl sites for hydroxylation is 2. The maximum atomic E-state index is 11.1. The molecule has 0 heterocycles. The maximum absolute atomic E-state index is 11.1. The Morgan fingerprint density at radius 1 is 1.00 bits per heavy atom. The second-order valence-electron chi connectivity index (χ2n) is 5.04. The number of nitrogens with one attached hydrogen (secondary N) is 2. The standard InChI is InChI=1S/C17H20N2O2/c1-12-8-13(2)10-14(9-12)11-18-15-4-6-16(7-5-15)19-17(20)21-3/h4-10,18H,11H2,1-3H3,(H,19,20). The van der Waals surface area contributed by atoms with Crippen molar-refractivity contribution in [3.63, 3.8) is 0 Å². The Kier molecular flexibility index (Phi) is 4.82. The van der Waals surface area contributed by atoms with Crippen molar-refractivity contribution in [3.05, 3.63) is 59.2 Å². The first-order valence-electron chi connectivity index (χ1n) is 6.83. The normalized spacial score (nSPS) is 10.0. The zero-order chi connectivity index (χ0) is 15.2. The number of methoxy groups -OCH3 is 1. The minimum atomic E-state index is -0.467. The summed E-state index contributed by atoms with van der Waals surface area (Å²) in [6.45, 7) is 4.97. The van der Waals surface area contributed by atoms with Gasteiger partial charge in [-0.1, -0.05) is 29.3 Å². The molecule has 0 unspecified atom stereocenters. The number of amides is 1. The molecular weight excluding hydrogens is 264 g/mol. The van der Waals surface area contributed by atoms with Gasteiger partial charge in [0.1, 0.15) is 0 Å². The summed E-state index contributed by atoms with van der Waals surface area (Å²) in [7, 11) is 1.34. The molecule has 0 radical (unpaired) electrons. The van der Waals surface area contributed by atoms with Gasteiger partial charge in [-0.25, -0.2) is 4.79 Å². The topological polar surface area (TPSA) is 50.4 Å². The molecule has 2 aromatic rings. The van der Waals surface area contributed by atoms with E-state index in [1.54, 1.807) is 0 Å². The third-order valence-corrected chi connectivity index (χ3v) is 3.09. The van der Waals surface area contributed by atoms with Crippen LogP contribution in [0.15, 0.2) is 42.5 Å². The minimum absolute atomic E-state index is 0.467. The zero-order valence-corrected chi connectivity index (χ0v) is 12.6. The van der Waals surface area contributed by atoms with E-state index in [0.717, 1.165) is 12.2 Å². The lowest BCUT2D eigenvalue weighted by molar-refractivity contribution is 0.187. The number of carbonyl (C=O) groups excluding carboxylic acids is 1. The fraction of sp³-hybridized carbons (Fsp3) is 0.235. The van der Waals surface area contributed by atoms with Crippen molar-refractivity contribution in [2.45, 2.75) is 20.4 Å². The predicted octanol–water partition coefficient (Wildman–Crippen LogP) is 4.09. The third-order valence-electron chi connectivity index (χ3n) is 3.09. The van der Waals surface area contributed by atoms with Gasteiger partial charge >= 0.3 is 6.09 Å². The average molecular weight is 284 g/mol. The molecule has 4 heteroatoms. The van der Waals surface area contributed by atoms with Gasteiger partial charge in [0, 0.05) is 17.9 Å². The number of ether oxygens (including phenoxy) is 1. The molecule has 0 fully saturated rings. The third kappa shape index (κ3) is 4.53. The molecule has 2 N–H and O–H groups in total. The van der Waals surface area contributed by atoms with Gasteiger partial charge < -0.3 is 10.1 Å². The molecule has 0 atom stereocenters. The van der Waals surface area contributed by atoms with E-state index < -0.39 is 6.09 Å². The molecule has 0 aliphatic carbocycles. The molecule has 2 rings (SSSR count). The molecule has 0 aliphatic heterocycles. The summed E-state index contributed by atoms with van der Waals surface area (Å²) in [6.07, 6.45) is -0.467. The Morgan fingerprint density at radius 3 is 2.14 bits per heavy atom. The van der Waals surface area contributed by atoms with E-state index in [9.17, 15) is 4.79 Å². The van der Waals surface area contributed by atoms with E-state index in [2.05, 4.69) is 47.4 Å². The summed E-state index contributed by atoms with van der Waals surface area (Å²) in [5, 5.41) is 5.98. The Labute approximate surface area is 125 Å². The van der Waals surface area contributed by atoms with Crippen molar-refractivity contribution < 1.29 is 9.53 Å². The van der Waals surface area contributed by atoms with Gasteiger partial charge in [-0.3, -0.25) is 5.32 Å². The van der Waals surface area contributed by atoms with Gasteiger partial charge in [0.15, 0.2) is 0 Å². The highest BCUT2D eigenvalue weighted by molar-refractivity contribution is 5.84. The van der Waals surface area contributed by atoms with Crippen LogP contribution in [0.5, 0.6) is 0 Å². The van der Waals surface area contributed by atoms with E-state index in [1.165, 1.54) is 23.8 Å². The van der Waals surface area contributed by atoms with Crippen molar-refractivity contribution in [3.8, 4) is 0 Å². The van der Waals surface area contributed by atoms with Crippen LogP contribution in [0, 0.1) is 13.8 Å². The van der Waals surface area contributed by atoms with Crippen LogP contribution in [0.1, 0.15) is 16.7 Å². The fourth-order valence-electron chi connectivity index (χ4n) is 2.22. The van der Waals surface area contributed by atoms with Crippen LogP contribution in [0.2, 0.25) is 0 Å². The fourth-order valence-corrected chi connectivity index (χ4v) is 2.22. The van der Waals surface area contributed by atoms with Crippen LogP contribution in [0.25, 0.3) is 0 Å². The van der Waals surface area contributed by atoms with Crippen molar-refractivity contribution in [1.29, 1.82) is 0 Å². The first kappa shape index (κ1) is 14.9. The first-order chi connectivity index (χ1) is 10.1. The minimum Gasteiger partial charge on any atom is -0.453 e. The Hall–Kier alpha value is -2.49. The molecule has 0 aliphatic rings. The van der Waals surface area contributed by atoms with Crippen LogP contribution in [-0.4, -0.2) is 13.2 Å². The van der Waals surface area contributed by atoms with Crippen molar-refractivity contribution in [1.82, 2.24) is 0 Å². The summed E-state index contributed by atoms with van der Waals surface area (Å²) in [6, 6.07) is 14.0. The van der Waals surface area contributed by atoms with Gasteiger partial charge in [0.25, 0.3) is 0 Å². The molecule has 0 aromatic heterocycles. The molecule has 2 aromatic carbocycles. The monoisotopic (exact) mass is 284 g/mol. The van der Waals surface area contributed by atoms with Crippen LogP contribution in [0.3, 0.4) is 0 Å². The van der Waals surface area contributed by atoms with Gasteiger partial charge in [0.05, 0.1) is 7.11 Å². The SMILES string of the molecule is COC(=O)Nc1ccc(NCc2cc(C)cc(C)c2)cc1. The Bertz CT molecular complexity index is 601. The number of hydrogen-bond acceptors (Lipinski definition) is 3. The van der Waals surface area contributed by atoms with Crippen LogP contribution < -0.4 is 10.6 Å². The van der Waals surface area contributed by atoms with Crippen molar-refractivity contribution in [2.24, 2.45) is 0 Å². The number of rotatable bonds is 4. The van der Waals surface area contributed by atoms with E-state index in [-0.39, 0.29) is 0 Å². The molecular formula is C17H20N2O2. The molecule has 0 bridgehead atoms. The lowest BCUT2D eigenvalue weighted by Crippen LogP contribution is -2.10. The van der Waals surface area contributed by atoms with E-state index in [1.807, 2.05) is 24.3 Å². The summed E-state index contributed by atoms with van der Waals surface area (Å²) >= 11 is 0. The molecule has 0 saturated carbocycles. The molecule has 110 valence electrons. The van der Waals surface area contributed by atoms with Crippen LogP contribution in [0.4, 0.5) is 16.2 Å². The quantitative estimate of drug-likeness (QED) is 0.889. The van der Waals surface area contributed by atoms with E-state index in [0.29, 0.717) is 5.69 Å². The number of benzene rings is 2. The second-order valence-corrected chi connectivity index (χ2v) is 5.04. The van der Waals surface area contributed by atoms with Crippen molar-refractivity contribution >= 4 is 17.5 Å². The van der Waals surface area contributed by atoms with Gasteiger partial charge in [-0.2, -0.15) is 0 Å². The smallest absolute Gasteiger partial charge is 0.411 e. The molecule has 0 spiro atoms. The van der Waals surface area contributed by atoms with Gasteiger partial charge in [-0.15, -0.1) is 0 Å². The highest BCUT2D eigenvalue weighted by atomic mass is 16.5. The molecule has 21 heavy (non-hydrogen) atoms. The Morgan fingerprint density at radius 2 is 1.57 bits per heavy atom. The molecule has 4 nitrogen and oxygen atoms in total. The Balaban J connectivity index is 1.95. The number of hydrogen-bond donors (Lipinski definition) is 2. The maximum Gasteiger partial charge on any atom is 0.411 e. The summed E-state index contributed by atoms with van der Waals surface area (Å²) in [5.74, 6) is 0. The molecule has 1 amide bonds. The first-order valence-corrected chi connectivity index (χ1v) is 6.83. The van der Waals surface area contributed by atoms with Crippen molar-refractivity contribution in [2.75, 3.05) is 17.7 Å². The van der Waals surface area contributed by atoms with E-state index in [4.69, 9.17) is 0 Å². The summed E-state index contributed by atoms with van der Waals surface area (Å²) < 4.78 is 4.55. The average Bonchev–Trinajstić information content (AvgIpc) is 2.45. The summed E-state index contributed by atoms with van der Waals surface area (Å²) in [5.41, 5.74) is 5.50.